The number of aryl methyl sites for hydroxylation is 1. The number of nitrogens with zero attached hydrogens (tertiary/aromatic N) is 2. The summed E-state index contributed by atoms with van der Waals surface area (Å²) in [7, 11) is -4.13. The van der Waals surface area contributed by atoms with Gasteiger partial charge in [0.25, 0.3) is 10.0 Å². The van der Waals surface area contributed by atoms with Crippen LogP contribution in [-0.4, -0.2) is 44.3 Å². The molecular weight excluding hydrogens is 534 g/mol. The second-order valence-electron chi connectivity index (χ2n) is 9.82. The summed E-state index contributed by atoms with van der Waals surface area (Å²) in [6.07, 6.45) is 0.365. The van der Waals surface area contributed by atoms with Crippen molar-refractivity contribution in [3.63, 3.8) is 0 Å². The first kappa shape index (κ1) is 30.2. The molecule has 0 aliphatic heterocycles. The molecule has 7 nitrogen and oxygen atoms in total. The first-order valence-electron chi connectivity index (χ1n) is 13.0. The molecule has 3 aromatic carbocycles. The minimum atomic E-state index is -4.13. The minimum absolute atomic E-state index is 0.0462. The quantitative estimate of drug-likeness (QED) is 0.315. The highest BCUT2D eigenvalue weighted by molar-refractivity contribution is 7.92. The van der Waals surface area contributed by atoms with Crippen LogP contribution in [0.4, 0.5) is 5.69 Å². The molecule has 0 aliphatic carbocycles. The summed E-state index contributed by atoms with van der Waals surface area (Å²) >= 11 is 6.21. The van der Waals surface area contributed by atoms with Crippen LogP contribution in [-0.2, 0) is 26.2 Å². The van der Waals surface area contributed by atoms with Crippen LogP contribution in [0, 0.1) is 12.8 Å². The van der Waals surface area contributed by atoms with Crippen molar-refractivity contribution in [3.05, 3.63) is 95.0 Å². The SMILES string of the molecule is CC[C@H](C(=O)NCC(C)C)N(Cc1ccccc1C)C(=O)CN(c1cccc(Cl)c1)S(=O)(=O)c1ccccc1. The number of carbonyl (C=O) groups excluding carboxylic acids is 2. The molecule has 0 aliphatic rings. The van der Waals surface area contributed by atoms with Crippen LogP contribution in [0.5, 0.6) is 0 Å². The smallest absolute Gasteiger partial charge is 0.264 e. The van der Waals surface area contributed by atoms with Crippen molar-refractivity contribution in [1.82, 2.24) is 10.2 Å². The van der Waals surface area contributed by atoms with Gasteiger partial charge >= 0.3 is 0 Å². The number of anilines is 1. The molecule has 1 atom stereocenters. The van der Waals surface area contributed by atoms with Crippen LogP contribution >= 0.6 is 11.6 Å². The van der Waals surface area contributed by atoms with Crippen molar-refractivity contribution in [2.24, 2.45) is 5.92 Å². The van der Waals surface area contributed by atoms with Gasteiger partial charge in [0.15, 0.2) is 0 Å². The van der Waals surface area contributed by atoms with Gasteiger partial charge in [-0.1, -0.05) is 80.9 Å². The van der Waals surface area contributed by atoms with Crippen LogP contribution < -0.4 is 9.62 Å². The molecule has 0 saturated carbocycles. The third-order valence-corrected chi connectivity index (χ3v) is 8.40. The summed E-state index contributed by atoms with van der Waals surface area (Å²) in [6.45, 7) is 7.90. The van der Waals surface area contributed by atoms with E-state index >= 15 is 0 Å². The summed E-state index contributed by atoms with van der Waals surface area (Å²) in [6, 6.07) is 21.2. The van der Waals surface area contributed by atoms with E-state index in [0.29, 0.717) is 18.0 Å². The Morgan fingerprint density at radius 2 is 1.62 bits per heavy atom. The number of benzene rings is 3. The van der Waals surface area contributed by atoms with E-state index in [0.717, 1.165) is 15.4 Å². The molecule has 0 radical (unpaired) electrons. The van der Waals surface area contributed by atoms with Gasteiger partial charge in [0.1, 0.15) is 12.6 Å². The molecule has 208 valence electrons. The highest BCUT2D eigenvalue weighted by Gasteiger charge is 2.33. The standard InChI is InChI=1S/C30H36ClN3O4S/c1-5-28(30(36)32-19-22(2)3)33(20-24-13-10-9-12-23(24)4)29(35)21-34(26-15-11-14-25(31)18-26)39(37,38)27-16-7-6-8-17-27/h6-18,22,28H,5,19-21H2,1-4H3,(H,32,36)/t28-/m1/s1. The Bertz CT molecular complexity index is 1380. The normalized spacial score (nSPS) is 12.2. The molecule has 2 amide bonds. The van der Waals surface area contributed by atoms with Crippen LogP contribution in [0.25, 0.3) is 0 Å². The maximum absolute atomic E-state index is 14.1. The Kier molecular flexibility index (Phi) is 10.5. The second kappa shape index (κ2) is 13.6. The van der Waals surface area contributed by atoms with E-state index in [2.05, 4.69) is 5.32 Å². The number of amides is 2. The van der Waals surface area contributed by atoms with Crippen molar-refractivity contribution < 1.29 is 18.0 Å². The highest BCUT2D eigenvalue weighted by atomic mass is 35.5. The predicted octanol–water partition coefficient (Wildman–Crippen LogP) is 5.42. The van der Waals surface area contributed by atoms with Crippen molar-refractivity contribution in [2.75, 3.05) is 17.4 Å². The minimum Gasteiger partial charge on any atom is -0.354 e. The van der Waals surface area contributed by atoms with Crippen LogP contribution in [0.3, 0.4) is 0 Å². The zero-order chi connectivity index (χ0) is 28.6. The Balaban J connectivity index is 2.05. The van der Waals surface area contributed by atoms with Gasteiger partial charge in [0, 0.05) is 18.1 Å². The second-order valence-corrected chi connectivity index (χ2v) is 12.1. The molecule has 39 heavy (non-hydrogen) atoms. The van der Waals surface area contributed by atoms with Gasteiger partial charge in [0.05, 0.1) is 10.6 Å². The number of hydrogen-bond acceptors (Lipinski definition) is 4. The van der Waals surface area contributed by atoms with Crippen molar-refractivity contribution >= 4 is 39.1 Å². The van der Waals surface area contributed by atoms with E-state index in [-0.39, 0.29) is 29.0 Å². The van der Waals surface area contributed by atoms with Gasteiger partial charge in [-0.25, -0.2) is 8.42 Å². The summed E-state index contributed by atoms with van der Waals surface area (Å²) in [4.78, 5) is 28.8. The number of rotatable bonds is 12. The van der Waals surface area contributed by atoms with Crippen LogP contribution in [0.15, 0.2) is 83.8 Å². The Morgan fingerprint density at radius 3 is 2.23 bits per heavy atom. The van der Waals surface area contributed by atoms with Gasteiger partial charge < -0.3 is 10.2 Å². The third kappa shape index (κ3) is 7.83. The van der Waals surface area contributed by atoms with E-state index in [1.165, 1.54) is 23.1 Å². The van der Waals surface area contributed by atoms with E-state index in [1.807, 2.05) is 52.0 Å². The summed E-state index contributed by atoms with van der Waals surface area (Å²) in [5, 5.41) is 3.27. The van der Waals surface area contributed by atoms with E-state index in [4.69, 9.17) is 11.6 Å². The average Bonchev–Trinajstić information content (AvgIpc) is 2.91. The summed E-state index contributed by atoms with van der Waals surface area (Å²) in [5.41, 5.74) is 2.10. The molecule has 0 saturated heterocycles. The van der Waals surface area contributed by atoms with Gasteiger partial charge in [-0.05, 0) is 60.7 Å². The first-order chi connectivity index (χ1) is 18.5. The Hall–Kier alpha value is -3.36. The number of halogens is 1. The summed E-state index contributed by atoms with van der Waals surface area (Å²) in [5.74, 6) is -0.529. The maximum Gasteiger partial charge on any atom is 0.264 e. The molecule has 0 aromatic heterocycles. The molecule has 0 fully saturated rings. The molecule has 0 unspecified atom stereocenters. The van der Waals surface area contributed by atoms with Crippen molar-refractivity contribution in [2.45, 2.75) is 51.6 Å². The fraction of sp³-hybridized carbons (Fsp3) is 0.333. The molecular formula is C30H36ClN3O4S. The molecule has 3 rings (SSSR count). The lowest BCUT2D eigenvalue weighted by molar-refractivity contribution is -0.140. The van der Waals surface area contributed by atoms with Crippen molar-refractivity contribution in [3.8, 4) is 0 Å². The molecule has 0 heterocycles. The van der Waals surface area contributed by atoms with Gasteiger partial charge in [-0.15, -0.1) is 0 Å². The fourth-order valence-electron chi connectivity index (χ4n) is 4.19. The maximum atomic E-state index is 14.1. The zero-order valence-electron chi connectivity index (χ0n) is 22.8. The number of sulfonamides is 1. The number of nitrogens with one attached hydrogen (secondary N) is 1. The van der Waals surface area contributed by atoms with E-state index in [1.54, 1.807) is 36.4 Å². The molecule has 0 bridgehead atoms. The third-order valence-electron chi connectivity index (χ3n) is 6.38. The Morgan fingerprint density at radius 1 is 0.949 bits per heavy atom. The van der Waals surface area contributed by atoms with Crippen LogP contribution in [0.2, 0.25) is 5.02 Å². The monoisotopic (exact) mass is 569 g/mol. The molecule has 1 N–H and O–H groups in total. The summed E-state index contributed by atoms with van der Waals surface area (Å²) < 4.78 is 28.7. The molecule has 3 aromatic rings. The lowest BCUT2D eigenvalue weighted by Gasteiger charge is -2.33. The lowest BCUT2D eigenvalue weighted by atomic mass is 10.1. The number of carbonyl (C=O) groups is 2. The van der Waals surface area contributed by atoms with Gasteiger partial charge in [-0.2, -0.15) is 0 Å². The lowest BCUT2D eigenvalue weighted by Crippen LogP contribution is -2.52. The van der Waals surface area contributed by atoms with Gasteiger partial charge in [0.2, 0.25) is 11.8 Å². The average molecular weight is 570 g/mol. The molecule has 9 heteroatoms. The van der Waals surface area contributed by atoms with Crippen molar-refractivity contribution in [1.29, 1.82) is 0 Å². The van der Waals surface area contributed by atoms with E-state index in [9.17, 15) is 18.0 Å². The topological polar surface area (TPSA) is 86.8 Å². The largest absolute Gasteiger partial charge is 0.354 e. The Labute approximate surface area is 236 Å². The van der Waals surface area contributed by atoms with Crippen LogP contribution in [0.1, 0.15) is 38.3 Å². The fourth-order valence-corrected chi connectivity index (χ4v) is 5.80. The zero-order valence-corrected chi connectivity index (χ0v) is 24.4. The van der Waals surface area contributed by atoms with E-state index < -0.39 is 28.5 Å². The van der Waals surface area contributed by atoms with Gasteiger partial charge in [-0.3, -0.25) is 13.9 Å². The highest BCUT2D eigenvalue weighted by Crippen LogP contribution is 2.27. The predicted molar refractivity (Wildman–Crippen MR) is 156 cm³/mol. The number of hydrogen-bond donors (Lipinski definition) is 1. The molecule has 0 spiro atoms. The first-order valence-corrected chi connectivity index (χ1v) is 14.8.